The van der Waals surface area contributed by atoms with Gasteiger partial charge in [-0.05, 0) is 43.4 Å². The van der Waals surface area contributed by atoms with Gasteiger partial charge in [0, 0.05) is 24.0 Å². The lowest BCUT2D eigenvalue weighted by Crippen LogP contribution is -2.27. The van der Waals surface area contributed by atoms with Crippen LogP contribution in [0.15, 0.2) is 18.2 Å². The molecule has 1 aromatic rings. The molecule has 1 heterocycles. The number of likely N-dealkylation sites (tertiary alicyclic amines) is 1. The normalized spacial score (nSPS) is 18.4. The first-order chi connectivity index (χ1) is 8.63. The third-order valence-corrected chi connectivity index (χ3v) is 3.87. The molecule has 1 amide bonds. The van der Waals surface area contributed by atoms with E-state index < -0.39 is 0 Å². The molecule has 94 valence electrons. The summed E-state index contributed by atoms with van der Waals surface area (Å²) in [6, 6.07) is 5.98. The number of nitrogens with zero attached hydrogens (tertiary/aromatic N) is 1. The second-order valence-electron chi connectivity index (χ2n) is 4.57. The van der Waals surface area contributed by atoms with Crippen molar-refractivity contribution >= 4 is 17.5 Å². The Morgan fingerprint density at radius 2 is 2.28 bits per heavy atom. The zero-order valence-corrected chi connectivity index (χ0v) is 11.4. The van der Waals surface area contributed by atoms with Crippen molar-refractivity contribution in [1.82, 2.24) is 4.90 Å². The average molecular weight is 262 g/mol. The van der Waals surface area contributed by atoms with Crippen molar-refractivity contribution in [3.63, 3.8) is 0 Å². The molecule has 1 fully saturated rings. The molecular formula is C15H16ClNO. The molecule has 0 bridgehead atoms. The lowest BCUT2D eigenvalue weighted by atomic mass is 9.94. The van der Waals surface area contributed by atoms with Gasteiger partial charge >= 0.3 is 0 Å². The van der Waals surface area contributed by atoms with Crippen LogP contribution in [-0.2, 0) is 4.79 Å². The minimum atomic E-state index is -0.0697. The molecule has 0 aromatic heterocycles. The molecule has 0 saturated carbocycles. The highest BCUT2D eigenvalue weighted by Gasteiger charge is 2.27. The molecule has 0 spiro atoms. The highest BCUT2D eigenvalue weighted by molar-refractivity contribution is 6.31. The van der Waals surface area contributed by atoms with E-state index in [0.29, 0.717) is 5.92 Å². The van der Waals surface area contributed by atoms with Crippen molar-refractivity contribution in [3.05, 3.63) is 34.3 Å². The van der Waals surface area contributed by atoms with Gasteiger partial charge in [0.25, 0.3) is 5.91 Å². The van der Waals surface area contributed by atoms with E-state index in [1.54, 1.807) is 6.92 Å². The van der Waals surface area contributed by atoms with Gasteiger partial charge in [0.1, 0.15) is 0 Å². The van der Waals surface area contributed by atoms with Gasteiger partial charge in [-0.15, -0.1) is 0 Å². The van der Waals surface area contributed by atoms with Crippen LogP contribution in [0.1, 0.15) is 30.4 Å². The second kappa shape index (κ2) is 5.46. The standard InChI is InChI=1S/C15H16ClNO/c1-3-5-15(18)17-9-8-12(10-17)13-6-4-7-14(16)11(13)2/h4,6-7,12H,8-10H2,1-2H3. The van der Waals surface area contributed by atoms with Crippen molar-refractivity contribution in [3.8, 4) is 11.8 Å². The van der Waals surface area contributed by atoms with E-state index >= 15 is 0 Å². The summed E-state index contributed by atoms with van der Waals surface area (Å²) in [5.74, 6) is 5.56. The zero-order chi connectivity index (χ0) is 13.1. The van der Waals surface area contributed by atoms with E-state index in [9.17, 15) is 4.79 Å². The minimum Gasteiger partial charge on any atom is -0.331 e. The monoisotopic (exact) mass is 261 g/mol. The zero-order valence-electron chi connectivity index (χ0n) is 10.7. The highest BCUT2D eigenvalue weighted by atomic mass is 35.5. The lowest BCUT2D eigenvalue weighted by Gasteiger charge is -2.15. The largest absolute Gasteiger partial charge is 0.331 e. The fraction of sp³-hybridized carbons (Fsp3) is 0.400. The Morgan fingerprint density at radius 3 is 3.00 bits per heavy atom. The maximum Gasteiger partial charge on any atom is 0.298 e. The number of carbonyl (C=O) groups excluding carboxylic acids is 1. The molecule has 1 aromatic carbocycles. The average Bonchev–Trinajstić information content (AvgIpc) is 2.82. The molecule has 18 heavy (non-hydrogen) atoms. The number of hydrogen-bond acceptors (Lipinski definition) is 1. The van der Waals surface area contributed by atoms with Crippen LogP contribution in [0.4, 0.5) is 0 Å². The van der Waals surface area contributed by atoms with Crippen LogP contribution in [0.2, 0.25) is 5.02 Å². The Hall–Kier alpha value is -1.46. The Morgan fingerprint density at radius 1 is 1.50 bits per heavy atom. The smallest absolute Gasteiger partial charge is 0.298 e. The maximum absolute atomic E-state index is 11.7. The van der Waals surface area contributed by atoms with Gasteiger partial charge in [-0.2, -0.15) is 0 Å². The summed E-state index contributed by atoms with van der Waals surface area (Å²) < 4.78 is 0. The topological polar surface area (TPSA) is 20.3 Å². The first kappa shape index (κ1) is 13.0. The Labute approximate surface area is 113 Å². The van der Waals surface area contributed by atoms with Crippen molar-refractivity contribution in [2.24, 2.45) is 0 Å². The molecule has 3 heteroatoms. The van der Waals surface area contributed by atoms with Gasteiger partial charge in [0.05, 0.1) is 0 Å². The molecular weight excluding hydrogens is 246 g/mol. The molecule has 1 aliphatic heterocycles. The van der Waals surface area contributed by atoms with Crippen LogP contribution in [0.3, 0.4) is 0 Å². The SMILES string of the molecule is CC#CC(=O)N1CCC(c2cccc(Cl)c2C)C1. The van der Waals surface area contributed by atoms with Crippen molar-refractivity contribution in [2.75, 3.05) is 13.1 Å². The van der Waals surface area contributed by atoms with Crippen LogP contribution in [-0.4, -0.2) is 23.9 Å². The fourth-order valence-electron chi connectivity index (χ4n) is 2.45. The van der Waals surface area contributed by atoms with Crippen molar-refractivity contribution in [1.29, 1.82) is 0 Å². The maximum atomic E-state index is 11.7. The summed E-state index contributed by atoms with van der Waals surface area (Å²) >= 11 is 6.14. The van der Waals surface area contributed by atoms with Crippen LogP contribution in [0, 0.1) is 18.8 Å². The van der Waals surface area contributed by atoms with Gasteiger partial charge in [0.2, 0.25) is 0 Å². The van der Waals surface area contributed by atoms with E-state index in [1.165, 1.54) is 5.56 Å². The van der Waals surface area contributed by atoms with Crippen molar-refractivity contribution in [2.45, 2.75) is 26.2 Å². The Balaban J connectivity index is 2.15. The van der Waals surface area contributed by atoms with E-state index in [-0.39, 0.29) is 5.91 Å². The predicted octanol–water partition coefficient (Wildman–Crippen LogP) is 2.99. The molecule has 2 rings (SSSR count). The molecule has 1 atom stereocenters. The highest BCUT2D eigenvalue weighted by Crippen LogP contribution is 2.32. The Bertz CT molecular complexity index is 527. The number of halogens is 1. The molecule has 1 unspecified atom stereocenters. The van der Waals surface area contributed by atoms with E-state index in [2.05, 4.69) is 17.9 Å². The molecule has 1 aliphatic rings. The third-order valence-electron chi connectivity index (χ3n) is 3.46. The van der Waals surface area contributed by atoms with Crippen LogP contribution < -0.4 is 0 Å². The summed E-state index contributed by atoms with van der Waals surface area (Å²) in [5.41, 5.74) is 2.38. The van der Waals surface area contributed by atoms with E-state index in [1.807, 2.05) is 24.0 Å². The molecule has 0 radical (unpaired) electrons. The summed E-state index contributed by atoms with van der Waals surface area (Å²) in [6.45, 7) is 5.25. The van der Waals surface area contributed by atoms with Gasteiger partial charge in [-0.3, -0.25) is 4.79 Å². The van der Waals surface area contributed by atoms with Crippen LogP contribution in [0.5, 0.6) is 0 Å². The second-order valence-corrected chi connectivity index (χ2v) is 4.97. The van der Waals surface area contributed by atoms with Crippen molar-refractivity contribution < 1.29 is 4.79 Å². The van der Waals surface area contributed by atoms with E-state index in [4.69, 9.17) is 11.6 Å². The minimum absolute atomic E-state index is 0.0697. The lowest BCUT2D eigenvalue weighted by molar-refractivity contribution is -0.124. The molecule has 0 aliphatic carbocycles. The first-order valence-corrected chi connectivity index (χ1v) is 6.48. The van der Waals surface area contributed by atoms with Crippen LogP contribution in [0.25, 0.3) is 0 Å². The number of hydrogen-bond donors (Lipinski definition) is 0. The van der Waals surface area contributed by atoms with Gasteiger partial charge in [-0.1, -0.05) is 29.7 Å². The number of carbonyl (C=O) groups is 1. The summed E-state index contributed by atoms with van der Waals surface area (Å²) in [5, 5.41) is 0.797. The molecule has 2 nitrogen and oxygen atoms in total. The first-order valence-electron chi connectivity index (χ1n) is 6.10. The summed E-state index contributed by atoms with van der Waals surface area (Å²) in [7, 11) is 0. The summed E-state index contributed by atoms with van der Waals surface area (Å²) in [6.07, 6.45) is 0.984. The fourth-order valence-corrected chi connectivity index (χ4v) is 2.63. The van der Waals surface area contributed by atoms with Gasteiger partial charge in [-0.25, -0.2) is 0 Å². The predicted molar refractivity (Wildman–Crippen MR) is 73.6 cm³/mol. The molecule has 0 N–H and O–H groups in total. The summed E-state index contributed by atoms with van der Waals surface area (Å²) in [4.78, 5) is 13.5. The number of benzene rings is 1. The number of amides is 1. The van der Waals surface area contributed by atoms with Gasteiger partial charge < -0.3 is 4.90 Å². The van der Waals surface area contributed by atoms with Crippen LogP contribution >= 0.6 is 11.6 Å². The Kier molecular flexibility index (Phi) is 3.93. The van der Waals surface area contributed by atoms with E-state index in [0.717, 1.165) is 30.1 Å². The third kappa shape index (κ3) is 2.52. The number of rotatable bonds is 1. The quantitative estimate of drug-likeness (QED) is 0.712. The molecule has 1 saturated heterocycles. The van der Waals surface area contributed by atoms with Gasteiger partial charge in [0.15, 0.2) is 0 Å².